The van der Waals surface area contributed by atoms with E-state index in [0.29, 0.717) is 24.7 Å². The van der Waals surface area contributed by atoms with Gasteiger partial charge < -0.3 is 9.84 Å². The van der Waals surface area contributed by atoms with Gasteiger partial charge in [-0.2, -0.15) is 0 Å². The number of rotatable bonds is 2. The molecule has 4 rings (SSSR count). The highest BCUT2D eigenvalue weighted by atomic mass is 16.6. The molecule has 5 heteroatoms. The average molecular weight is 389 g/mol. The molecule has 0 aromatic carbocycles. The summed E-state index contributed by atoms with van der Waals surface area (Å²) in [6, 6.07) is 0. The molecule has 0 aromatic rings. The van der Waals surface area contributed by atoms with Crippen molar-refractivity contribution in [1.82, 2.24) is 0 Å². The van der Waals surface area contributed by atoms with E-state index in [2.05, 4.69) is 6.92 Å². The topological polar surface area (TPSA) is 80.7 Å². The third-order valence-corrected chi connectivity index (χ3v) is 8.97. The van der Waals surface area contributed by atoms with Crippen molar-refractivity contribution in [1.29, 1.82) is 0 Å². The van der Waals surface area contributed by atoms with Crippen LogP contribution in [0.2, 0.25) is 0 Å². The molecule has 1 N–H and O–H groups in total. The lowest BCUT2D eigenvalue weighted by Gasteiger charge is -2.59. The van der Waals surface area contributed by atoms with Crippen LogP contribution in [0, 0.1) is 28.6 Å². The van der Waals surface area contributed by atoms with Gasteiger partial charge in [-0.05, 0) is 74.7 Å². The van der Waals surface area contributed by atoms with Crippen molar-refractivity contribution in [3.8, 4) is 0 Å². The van der Waals surface area contributed by atoms with Crippen molar-refractivity contribution >= 4 is 17.5 Å². The summed E-state index contributed by atoms with van der Waals surface area (Å²) in [5.74, 6) is 0.453. The molecule has 0 radical (unpaired) electrons. The van der Waals surface area contributed by atoms with Gasteiger partial charge in [0.05, 0.1) is 0 Å². The number of ether oxygens (including phenoxy) is 1. The quantitative estimate of drug-likeness (QED) is 0.734. The number of carbonyl (C=O) groups is 3. The molecule has 5 nitrogen and oxygen atoms in total. The first-order valence-corrected chi connectivity index (χ1v) is 10.7. The highest BCUT2D eigenvalue weighted by Gasteiger charge is 2.71. The zero-order valence-electron chi connectivity index (χ0n) is 17.4. The Labute approximate surface area is 166 Å². The summed E-state index contributed by atoms with van der Waals surface area (Å²) < 4.78 is 5.68. The molecule has 7 atom stereocenters. The first kappa shape index (κ1) is 19.8. The van der Waals surface area contributed by atoms with Gasteiger partial charge in [-0.3, -0.25) is 14.4 Å². The van der Waals surface area contributed by atoms with E-state index in [1.807, 2.05) is 13.0 Å². The van der Waals surface area contributed by atoms with Gasteiger partial charge >= 0.3 is 5.97 Å². The zero-order valence-corrected chi connectivity index (χ0v) is 17.4. The third kappa shape index (κ3) is 2.38. The summed E-state index contributed by atoms with van der Waals surface area (Å²) in [7, 11) is 0. The van der Waals surface area contributed by atoms with Crippen molar-refractivity contribution in [3.05, 3.63) is 11.6 Å². The fraction of sp³-hybridized carbons (Fsp3) is 0.783. The Morgan fingerprint density at radius 1 is 1.11 bits per heavy atom. The Hall–Kier alpha value is -1.49. The van der Waals surface area contributed by atoms with Gasteiger partial charge in [0.15, 0.2) is 11.6 Å². The minimum atomic E-state index is -1.44. The maximum absolute atomic E-state index is 12.8. The summed E-state index contributed by atoms with van der Waals surface area (Å²) in [6.45, 7) is 7.12. The number of aliphatic hydroxyl groups excluding tert-OH is 1. The largest absolute Gasteiger partial charge is 0.448 e. The summed E-state index contributed by atoms with van der Waals surface area (Å²) in [4.78, 5) is 36.6. The lowest BCUT2D eigenvalue weighted by atomic mass is 9.46. The molecule has 0 aromatic heterocycles. The predicted octanol–water partition coefficient (Wildman–Crippen LogP) is 3.38. The number of fused-ring (bicyclic) bond motifs is 5. The number of aliphatic hydroxyl groups is 1. The normalized spacial score (nSPS) is 47.5. The highest BCUT2D eigenvalue weighted by Crippen LogP contribution is 2.68. The van der Waals surface area contributed by atoms with Crippen LogP contribution in [0.4, 0.5) is 0 Å². The number of Topliss-reactive ketones (excluding diaryl/α,β-unsaturated/α-hetero) is 1. The van der Waals surface area contributed by atoms with Crippen molar-refractivity contribution in [2.75, 3.05) is 0 Å². The van der Waals surface area contributed by atoms with Gasteiger partial charge in [-0.15, -0.1) is 0 Å². The SMILES string of the molecule is CC(=O)O[C@@]1(C(C)=O)[C@H](O)CC2C3CCC4=CC(=O)CCC4(C)C3CCC21C. The fourth-order valence-corrected chi connectivity index (χ4v) is 7.68. The van der Waals surface area contributed by atoms with Gasteiger partial charge in [0.1, 0.15) is 6.10 Å². The van der Waals surface area contributed by atoms with E-state index in [-0.39, 0.29) is 22.9 Å². The molecular weight excluding hydrogens is 356 g/mol. The highest BCUT2D eigenvalue weighted by molar-refractivity contribution is 5.92. The summed E-state index contributed by atoms with van der Waals surface area (Å²) in [6.07, 6.45) is 6.50. The van der Waals surface area contributed by atoms with Gasteiger partial charge in [0, 0.05) is 18.8 Å². The van der Waals surface area contributed by atoms with E-state index in [9.17, 15) is 19.5 Å². The van der Waals surface area contributed by atoms with Crippen molar-refractivity contribution in [2.45, 2.75) is 84.3 Å². The Bertz CT molecular complexity index is 769. The molecule has 154 valence electrons. The van der Waals surface area contributed by atoms with E-state index >= 15 is 0 Å². The van der Waals surface area contributed by atoms with Crippen molar-refractivity contribution in [2.24, 2.45) is 28.6 Å². The van der Waals surface area contributed by atoms with Gasteiger partial charge in [-0.25, -0.2) is 0 Å². The van der Waals surface area contributed by atoms with Crippen LogP contribution in [0.5, 0.6) is 0 Å². The van der Waals surface area contributed by atoms with Crippen LogP contribution in [0.25, 0.3) is 0 Å². The monoisotopic (exact) mass is 388 g/mol. The van der Waals surface area contributed by atoms with E-state index < -0.39 is 23.1 Å². The minimum Gasteiger partial charge on any atom is -0.448 e. The molecule has 0 bridgehead atoms. The molecule has 4 aliphatic carbocycles. The van der Waals surface area contributed by atoms with E-state index in [1.54, 1.807) is 0 Å². The lowest BCUT2D eigenvalue weighted by molar-refractivity contribution is -0.199. The van der Waals surface area contributed by atoms with Crippen LogP contribution in [0.15, 0.2) is 11.6 Å². The molecular formula is C23H32O5. The number of esters is 1. The Morgan fingerprint density at radius 3 is 2.46 bits per heavy atom. The smallest absolute Gasteiger partial charge is 0.303 e. The van der Waals surface area contributed by atoms with Gasteiger partial charge in [0.25, 0.3) is 0 Å². The molecule has 0 aliphatic heterocycles. The molecule has 5 unspecified atom stereocenters. The molecule has 0 amide bonds. The van der Waals surface area contributed by atoms with Crippen LogP contribution in [0.3, 0.4) is 0 Å². The van der Waals surface area contributed by atoms with Crippen molar-refractivity contribution < 1.29 is 24.2 Å². The third-order valence-electron chi connectivity index (χ3n) is 8.97. The van der Waals surface area contributed by atoms with Crippen LogP contribution in [-0.2, 0) is 19.1 Å². The molecule has 3 saturated carbocycles. The maximum Gasteiger partial charge on any atom is 0.303 e. The standard InChI is InChI=1S/C23H32O5/c1-13(24)23(28-14(2)25)20(27)12-19-17-6-5-15-11-16(26)7-9-21(15,3)18(17)8-10-22(19,23)4/h11,17-20,27H,5-10,12H2,1-4H3/t17?,18?,19?,20-,21?,22?,23+/m1/s1. The van der Waals surface area contributed by atoms with Crippen LogP contribution in [-0.4, -0.2) is 34.3 Å². The lowest BCUT2D eigenvalue weighted by Crippen LogP contribution is -2.61. The maximum atomic E-state index is 12.8. The number of hydrogen-bond acceptors (Lipinski definition) is 5. The molecule has 28 heavy (non-hydrogen) atoms. The molecule has 0 saturated heterocycles. The average Bonchev–Trinajstić information content (AvgIpc) is 2.83. The van der Waals surface area contributed by atoms with Crippen LogP contribution < -0.4 is 0 Å². The number of ketones is 2. The second-order valence-corrected chi connectivity index (χ2v) is 10.1. The molecule has 4 aliphatic rings. The van der Waals surface area contributed by atoms with E-state index in [1.165, 1.54) is 19.4 Å². The first-order valence-electron chi connectivity index (χ1n) is 10.7. The predicted molar refractivity (Wildman–Crippen MR) is 103 cm³/mol. The van der Waals surface area contributed by atoms with Crippen LogP contribution in [0.1, 0.15) is 72.6 Å². The fourth-order valence-electron chi connectivity index (χ4n) is 7.68. The molecule has 3 fully saturated rings. The summed E-state index contributed by atoms with van der Waals surface area (Å²) in [5, 5.41) is 11.0. The zero-order chi connectivity index (χ0) is 20.5. The van der Waals surface area contributed by atoms with Crippen LogP contribution >= 0.6 is 0 Å². The Morgan fingerprint density at radius 2 is 1.82 bits per heavy atom. The summed E-state index contributed by atoms with van der Waals surface area (Å²) >= 11 is 0. The minimum absolute atomic E-state index is 0.0337. The molecule has 0 spiro atoms. The number of hydrogen-bond donors (Lipinski definition) is 1. The number of allylic oxidation sites excluding steroid dienone is 1. The van der Waals surface area contributed by atoms with Gasteiger partial charge in [0.2, 0.25) is 5.60 Å². The number of carbonyl (C=O) groups excluding carboxylic acids is 3. The molecule has 0 heterocycles. The first-order chi connectivity index (χ1) is 13.1. The van der Waals surface area contributed by atoms with Crippen molar-refractivity contribution in [3.63, 3.8) is 0 Å². The summed E-state index contributed by atoms with van der Waals surface area (Å²) in [5.41, 5.74) is -0.655. The van der Waals surface area contributed by atoms with E-state index in [0.717, 1.165) is 32.1 Å². The Kier molecular flexibility index (Phi) is 4.42. The second kappa shape index (κ2) is 6.25. The Balaban J connectivity index is 1.74. The second-order valence-electron chi connectivity index (χ2n) is 10.1. The van der Waals surface area contributed by atoms with E-state index in [4.69, 9.17) is 4.74 Å². The van der Waals surface area contributed by atoms with Gasteiger partial charge in [-0.1, -0.05) is 19.4 Å².